The number of aromatic nitrogens is 2. The summed E-state index contributed by atoms with van der Waals surface area (Å²) in [6.07, 6.45) is 4.27. The average molecular weight is 286 g/mol. The van der Waals surface area contributed by atoms with Crippen molar-refractivity contribution in [3.63, 3.8) is 0 Å². The lowest BCUT2D eigenvalue weighted by Crippen LogP contribution is -2.09. The van der Waals surface area contributed by atoms with Gasteiger partial charge in [0.2, 0.25) is 0 Å². The predicted octanol–water partition coefficient (Wildman–Crippen LogP) is 4.14. The van der Waals surface area contributed by atoms with Gasteiger partial charge >= 0.3 is 0 Å². The Morgan fingerprint density at radius 2 is 1.86 bits per heavy atom. The molecule has 0 bridgehead atoms. The number of benzene rings is 1. The molecule has 0 amide bonds. The summed E-state index contributed by atoms with van der Waals surface area (Å²) in [5, 5.41) is 15.1. The van der Waals surface area contributed by atoms with Crippen LogP contribution in [0.5, 0.6) is 0 Å². The molecule has 3 nitrogen and oxygen atoms in total. The lowest BCUT2D eigenvalue weighted by Gasteiger charge is -2.14. The van der Waals surface area contributed by atoms with Crippen LogP contribution in [0.3, 0.4) is 0 Å². The fourth-order valence-electron chi connectivity index (χ4n) is 2.86. The van der Waals surface area contributed by atoms with E-state index in [0.717, 1.165) is 29.7 Å². The Labute approximate surface area is 127 Å². The summed E-state index contributed by atoms with van der Waals surface area (Å²) in [5.41, 5.74) is 4.32. The van der Waals surface area contributed by atoms with E-state index in [1.165, 1.54) is 5.56 Å². The van der Waals surface area contributed by atoms with Gasteiger partial charge in [-0.25, -0.2) is 0 Å². The van der Waals surface area contributed by atoms with Gasteiger partial charge in [0, 0.05) is 12.6 Å². The van der Waals surface area contributed by atoms with Crippen LogP contribution < -0.4 is 0 Å². The molecule has 1 atom stereocenters. The lowest BCUT2D eigenvalue weighted by atomic mass is 9.98. The normalized spacial score (nSPS) is 12.9. The Hall–Kier alpha value is -1.61. The van der Waals surface area contributed by atoms with E-state index >= 15 is 0 Å². The second-order valence-electron chi connectivity index (χ2n) is 5.84. The Morgan fingerprint density at radius 1 is 1.14 bits per heavy atom. The zero-order chi connectivity index (χ0) is 15.4. The standard InChI is InChI=1S/C18H26N2O/c1-5-16(6-2)20-10-9-15(19-20)12-18(21)17-8-7-13(3)11-14(17)4/h7-11,16,18,21H,5-6,12H2,1-4H3. The highest BCUT2D eigenvalue weighted by Gasteiger charge is 2.14. The number of nitrogens with zero attached hydrogens (tertiary/aromatic N) is 2. The molecule has 0 aliphatic rings. The summed E-state index contributed by atoms with van der Waals surface area (Å²) in [6, 6.07) is 8.66. The van der Waals surface area contributed by atoms with Gasteiger partial charge in [-0.05, 0) is 43.9 Å². The maximum atomic E-state index is 10.5. The summed E-state index contributed by atoms with van der Waals surface area (Å²) >= 11 is 0. The molecule has 0 fully saturated rings. The Balaban J connectivity index is 2.11. The highest BCUT2D eigenvalue weighted by atomic mass is 16.3. The molecule has 2 rings (SSSR count). The molecule has 0 aliphatic carbocycles. The summed E-state index contributed by atoms with van der Waals surface area (Å²) in [4.78, 5) is 0. The molecule has 0 saturated heterocycles. The van der Waals surface area contributed by atoms with Crippen LogP contribution in [0.1, 0.15) is 61.2 Å². The molecule has 0 radical (unpaired) electrons. The Bertz CT molecular complexity index is 585. The third kappa shape index (κ3) is 3.73. The average Bonchev–Trinajstić information content (AvgIpc) is 2.88. The van der Waals surface area contributed by atoms with Crippen molar-refractivity contribution in [2.75, 3.05) is 0 Å². The maximum Gasteiger partial charge on any atom is 0.0848 e. The van der Waals surface area contributed by atoms with Crippen molar-refractivity contribution < 1.29 is 5.11 Å². The molecule has 0 aliphatic heterocycles. The van der Waals surface area contributed by atoms with Gasteiger partial charge in [-0.1, -0.05) is 37.6 Å². The van der Waals surface area contributed by atoms with Gasteiger partial charge in [0.1, 0.15) is 0 Å². The zero-order valence-electron chi connectivity index (χ0n) is 13.5. The molecular weight excluding hydrogens is 260 g/mol. The van der Waals surface area contributed by atoms with Crippen molar-refractivity contribution in [3.8, 4) is 0 Å². The molecule has 1 heterocycles. The van der Waals surface area contributed by atoms with Crippen molar-refractivity contribution in [2.24, 2.45) is 0 Å². The molecule has 1 unspecified atom stereocenters. The highest BCUT2D eigenvalue weighted by Crippen LogP contribution is 2.23. The first-order valence-electron chi connectivity index (χ1n) is 7.84. The van der Waals surface area contributed by atoms with Gasteiger partial charge < -0.3 is 5.11 Å². The van der Waals surface area contributed by atoms with Crippen molar-refractivity contribution in [1.29, 1.82) is 0 Å². The molecule has 21 heavy (non-hydrogen) atoms. The SMILES string of the molecule is CCC(CC)n1ccc(CC(O)c2ccc(C)cc2C)n1. The first-order chi connectivity index (χ1) is 10.0. The minimum atomic E-state index is -0.490. The second kappa shape index (κ2) is 6.90. The number of aliphatic hydroxyl groups is 1. The molecule has 0 spiro atoms. The fourth-order valence-corrected chi connectivity index (χ4v) is 2.86. The summed E-state index contributed by atoms with van der Waals surface area (Å²) in [7, 11) is 0. The predicted molar refractivity (Wildman–Crippen MR) is 86.4 cm³/mol. The summed E-state index contributed by atoms with van der Waals surface area (Å²) in [5.74, 6) is 0. The van der Waals surface area contributed by atoms with E-state index in [-0.39, 0.29) is 0 Å². The first kappa shape index (κ1) is 15.8. The summed E-state index contributed by atoms with van der Waals surface area (Å²) in [6.45, 7) is 8.48. The van der Waals surface area contributed by atoms with Crippen LogP contribution in [0.4, 0.5) is 0 Å². The van der Waals surface area contributed by atoms with Crippen LogP contribution in [-0.4, -0.2) is 14.9 Å². The van der Waals surface area contributed by atoms with Gasteiger partial charge in [0.05, 0.1) is 17.8 Å². The van der Waals surface area contributed by atoms with Crippen LogP contribution in [0, 0.1) is 13.8 Å². The minimum Gasteiger partial charge on any atom is -0.388 e. The van der Waals surface area contributed by atoms with E-state index in [9.17, 15) is 5.11 Å². The zero-order valence-corrected chi connectivity index (χ0v) is 13.5. The smallest absolute Gasteiger partial charge is 0.0848 e. The third-order valence-electron chi connectivity index (χ3n) is 4.17. The van der Waals surface area contributed by atoms with Gasteiger partial charge in [0.25, 0.3) is 0 Å². The monoisotopic (exact) mass is 286 g/mol. The highest BCUT2D eigenvalue weighted by molar-refractivity contribution is 5.32. The van der Waals surface area contributed by atoms with Gasteiger partial charge in [-0.15, -0.1) is 0 Å². The van der Waals surface area contributed by atoms with E-state index in [0.29, 0.717) is 12.5 Å². The largest absolute Gasteiger partial charge is 0.388 e. The van der Waals surface area contributed by atoms with E-state index in [2.05, 4.69) is 31.9 Å². The number of hydrogen-bond acceptors (Lipinski definition) is 2. The van der Waals surface area contributed by atoms with E-state index < -0.39 is 6.10 Å². The van der Waals surface area contributed by atoms with E-state index in [1.807, 2.05) is 36.0 Å². The Morgan fingerprint density at radius 3 is 2.48 bits per heavy atom. The molecule has 114 valence electrons. The van der Waals surface area contributed by atoms with Crippen LogP contribution in [-0.2, 0) is 6.42 Å². The molecular formula is C18H26N2O. The van der Waals surface area contributed by atoms with Crippen LogP contribution in [0.2, 0.25) is 0 Å². The fraction of sp³-hybridized carbons (Fsp3) is 0.500. The van der Waals surface area contributed by atoms with Crippen LogP contribution in [0.25, 0.3) is 0 Å². The molecule has 1 aromatic heterocycles. The van der Waals surface area contributed by atoms with Crippen molar-refractivity contribution >= 4 is 0 Å². The maximum absolute atomic E-state index is 10.5. The van der Waals surface area contributed by atoms with Crippen molar-refractivity contribution in [1.82, 2.24) is 9.78 Å². The van der Waals surface area contributed by atoms with Gasteiger partial charge in [-0.2, -0.15) is 5.10 Å². The molecule has 1 aromatic carbocycles. The second-order valence-corrected chi connectivity index (χ2v) is 5.84. The molecule has 2 aromatic rings. The first-order valence-corrected chi connectivity index (χ1v) is 7.84. The van der Waals surface area contributed by atoms with Crippen molar-refractivity contribution in [3.05, 3.63) is 52.8 Å². The summed E-state index contributed by atoms with van der Waals surface area (Å²) < 4.78 is 2.03. The van der Waals surface area contributed by atoms with Crippen molar-refractivity contribution in [2.45, 2.75) is 59.1 Å². The van der Waals surface area contributed by atoms with Gasteiger partial charge in [-0.3, -0.25) is 4.68 Å². The number of aliphatic hydroxyl groups excluding tert-OH is 1. The number of hydrogen-bond donors (Lipinski definition) is 1. The number of aryl methyl sites for hydroxylation is 2. The molecule has 3 heteroatoms. The van der Waals surface area contributed by atoms with Crippen LogP contribution >= 0.6 is 0 Å². The molecule has 1 N–H and O–H groups in total. The van der Waals surface area contributed by atoms with E-state index in [1.54, 1.807) is 0 Å². The van der Waals surface area contributed by atoms with Crippen LogP contribution in [0.15, 0.2) is 30.5 Å². The third-order valence-corrected chi connectivity index (χ3v) is 4.17. The molecule has 0 saturated carbocycles. The minimum absolute atomic E-state index is 0.456. The number of rotatable bonds is 6. The topological polar surface area (TPSA) is 38.0 Å². The lowest BCUT2D eigenvalue weighted by molar-refractivity contribution is 0.176. The van der Waals surface area contributed by atoms with E-state index in [4.69, 9.17) is 0 Å². The quantitative estimate of drug-likeness (QED) is 0.866. The van der Waals surface area contributed by atoms with Gasteiger partial charge in [0.15, 0.2) is 0 Å². The Kier molecular flexibility index (Phi) is 5.18.